The Morgan fingerprint density at radius 2 is 2.04 bits per heavy atom. The van der Waals surface area contributed by atoms with Crippen LogP contribution in [0.1, 0.15) is 41.6 Å². The molecule has 24 heavy (non-hydrogen) atoms. The molecular weight excluding hydrogens is 322 g/mol. The fourth-order valence-corrected chi connectivity index (χ4v) is 3.51. The highest BCUT2D eigenvalue weighted by atomic mass is 32.1. The van der Waals surface area contributed by atoms with Gasteiger partial charge in [-0.15, -0.1) is 10.2 Å². The van der Waals surface area contributed by atoms with Crippen molar-refractivity contribution < 1.29 is 4.79 Å². The number of aromatic nitrogens is 4. The van der Waals surface area contributed by atoms with E-state index < -0.39 is 0 Å². The molecule has 0 aliphatic heterocycles. The molecule has 1 saturated carbocycles. The summed E-state index contributed by atoms with van der Waals surface area (Å²) in [6.45, 7) is 0.666. The smallest absolute Gasteiger partial charge is 0.234 e. The van der Waals surface area contributed by atoms with Crippen molar-refractivity contribution in [3.8, 4) is 0 Å². The van der Waals surface area contributed by atoms with E-state index in [1.54, 1.807) is 0 Å². The molecule has 1 N–H and O–H groups in total. The van der Waals surface area contributed by atoms with Gasteiger partial charge in [0, 0.05) is 25.3 Å². The van der Waals surface area contributed by atoms with Crippen LogP contribution in [0.3, 0.4) is 0 Å². The molecule has 0 saturated heterocycles. The molecule has 6 nitrogen and oxygen atoms in total. The van der Waals surface area contributed by atoms with Crippen molar-refractivity contribution in [2.24, 2.45) is 0 Å². The molecule has 0 spiro atoms. The third-order valence-electron chi connectivity index (χ3n) is 4.14. The SMILES string of the molecule is O=C(CCc1nn2c(C3CC3)nnc2s1)NCCc1ccccc1. The number of carbonyl (C=O) groups excluding carboxylic acids is 1. The van der Waals surface area contributed by atoms with Crippen LogP contribution in [-0.4, -0.2) is 32.3 Å². The molecule has 1 aliphatic carbocycles. The van der Waals surface area contributed by atoms with Gasteiger partial charge in [-0.3, -0.25) is 4.79 Å². The average molecular weight is 341 g/mol. The van der Waals surface area contributed by atoms with E-state index in [4.69, 9.17) is 0 Å². The zero-order valence-electron chi connectivity index (χ0n) is 13.3. The van der Waals surface area contributed by atoms with Crippen molar-refractivity contribution in [3.05, 3.63) is 46.7 Å². The molecular formula is C17H19N5OS. The normalized spacial score (nSPS) is 14.2. The molecule has 1 aromatic carbocycles. The van der Waals surface area contributed by atoms with E-state index in [0.717, 1.165) is 22.2 Å². The summed E-state index contributed by atoms with van der Waals surface area (Å²) in [5, 5.41) is 16.9. The van der Waals surface area contributed by atoms with Crippen LogP contribution in [0.15, 0.2) is 30.3 Å². The Hall–Kier alpha value is -2.28. The molecule has 0 bridgehead atoms. The Kier molecular flexibility index (Phi) is 4.25. The number of amides is 1. The van der Waals surface area contributed by atoms with Crippen molar-refractivity contribution in [1.29, 1.82) is 0 Å². The summed E-state index contributed by atoms with van der Waals surface area (Å²) >= 11 is 1.52. The van der Waals surface area contributed by atoms with E-state index in [9.17, 15) is 4.79 Å². The molecule has 1 amide bonds. The maximum absolute atomic E-state index is 12.0. The first-order valence-corrected chi connectivity index (χ1v) is 9.13. The first kappa shape index (κ1) is 15.3. The highest BCUT2D eigenvalue weighted by molar-refractivity contribution is 7.16. The number of nitrogens with one attached hydrogen (secondary N) is 1. The van der Waals surface area contributed by atoms with Gasteiger partial charge in [-0.1, -0.05) is 41.7 Å². The van der Waals surface area contributed by atoms with Crippen LogP contribution in [0.2, 0.25) is 0 Å². The van der Waals surface area contributed by atoms with E-state index in [1.807, 2.05) is 22.7 Å². The van der Waals surface area contributed by atoms with Crippen molar-refractivity contribution >= 4 is 22.2 Å². The number of aryl methyl sites for hydroxylation is 1. The summed E-state index contributed by atoms with van der Waals surface area (Å²) in [6.07, 6.45) is 4.32. The number of hydrogen-bond donors (Lipinski definition) is 1. The number of carbonyl (C=O) groups is 1. The van der Waals surface area contributed by atoms with Gasteiger partial charge >= 0.3 is 0 Å². The van der Waals surface area contributed by atoms with Gasteiger partial charge in [-0.2, -0.15) is 9.61 Å². The molecule has 2 heterocycles. The van der Waals surface area contributed by atoms with E-state index in [1.165, 1.54) is 29.7 Å². The molecule has 1 aliphatic rings. The summed E-state index contributed by atoms with van der Waals surface area (Å²) in [7, 11) is 0. The van der Waals surface area contributed by atoms with Crippen molar-refractivity contribution in [2.45, 2.75) is 38.0 Å². The van der Waals surface area contributed by atoms with Crippen molar-refractivity contribution in [3.63, 3.8) is 0 Å². The first-order valence-electron chi connectivity index (χ1n) is 8.31. The summed E-state index contributed by atoms with van der Waals surface area (Å²) < 4.78 is 1.85. The van der Waals surface area contributed by atoms with Gasteiger partial charge in [0.1, 0.15) is 5.01 Å². The van der Waals surface area contributed by atoms with E-state index in [2.05, 4.69) is 32.7 Å². The maximum atomic E-state index is 12.0. The Labute approximate surface area is 143 Å². The first-order chi connectivity index (χ1) is 11.8. The van der Waals surface area contributed by atoms with Gasteiger partial charge in [0.2, 0.25) is 10.9 Å². The fraction of sp³-hybridized carbons (Fsp3) is 0.412. The minimum atomic E-state index is 0.0688. The Morgan fingerprint density at radius 1 is 1.21 bits per heavy atom. The van der Waals surface area contributed by atoms with Gasteiger partial charge in [0.15, 0.2) is 5.82 Å². The second-order valence-electron chi connectivity index (χ2n) is 6.11. The number of fused-ring (bicyclic) bond motifs is 1. The standard InChI is InChI=1S/C17H19N5OS/c23-14(18-11-10-12-4-2-1-3-5-12)8-9-15-21-22-16(13-6-7-13)19-20-17(22)24-15/h1-5,13H,6-11H2,(H,18,23). The molecule has 4 rings (SSSR count). The number of benzene rings is 1. The summed E-state index contributed by atoms with van der Waals surface area (Å²) in [5.41, 5.74) is 1.24. The van der Waals surface area contributed by atoms with Gasteiger partial charge < -0.3 is 5.32 Å². The summed E-state index contributed by atoms with van der Waals surface area (Å²) in [6, 6.07) is 10.2. The molecule has 1 fully saturated rings. The van der Waals surface area contributed by atoms with Crippen LogP contribution >= 0.6 is 11.3 Å². The predicted molar refractivity (Wildman–Crippen MR) is 92.1 cm³/mol. The van der Waals surface area contributed by atoms with Crippen LogP contribution in [0.5, 0.6) is 0 Å². The lowest BCUT2D eigenvalue weighted by molar-refractivity contribution is -0.121. The summed E-state index contributed by atoms with van der Waals surface area (Å²) in [5.74, 6) is 1.57. The average Bonchev–Trinajstić information content (AvgIpc) is 3.23. The lowest BCUT2D eigenvalue weighted by atomic mass is 10.1. The van der Waals surface area contributed by atoms with Crippen LogP contribution in [0.25, 0.3) is 4.96 Å². The topological polar surface area (TPSA) is 72.2 Å². The van der Waals surface area contributed by atoms with E-state index >= 15 is 0 Å². The lowest BCUT2D eigenvalue weighted by Crippen LogP contribution is -2.25. The quantitative estimate of drug-likeness (QED) is 0.716. The van der Waals surface area contributed by atoms with E-state index in [0.29, 0.717) is 25.3 Å². The zero-order chi connectivity index (χ0) is 16.4. The number of rotatable bonds is 7. The number of hydrogen-bond acceptors (Lipinski definition) is 5. The molecule has 0 atom stereocenters. The Balaban J connectivity index is 1.26. The second kappa shape index (κ2) is 6.68. The second-order valence-corrected chi connectivity index (χ2v) is 7.15. The molecule has 124 valence electrons. The predicted octanol–water partition coefficient (Wildman–Crippen LogP) is 2.35. The van der Waals surface area contributed by atoms with Crippen molar-refractivity contribution in [2.75, 3.05) is 6.54 Å². The fourth-order valence-electron chi connectivity index (χ4n) is 2.67. The molecule has 7 heteroatoms. The van der Waals surface area contributed by atoms with E-state index in [-0.39, 0.29) is 5.91 Å². The molecule has 3 aromatic rings. The van der Waals surface area contributed by atoms with Crippen LogP contribution in [0, 0.1) is 0 Å². The van der Waals surface area contributed by atoms with Crippen LogP contribution in [-0.2, 0) is 17.6 Å². The van der Waals surface area contributed by atoms with Crippen LogP contribution in [0.4, 0.5) is 0 Å². The third-order valence-corrected chi connectivity index (χ3v) is 5.10. The van der Waals surface area contributed by atoms with Gasteiger partial charge in [-0.05, 0) is 24.8 Å². The third kappa shape index (κ3) is 3.46. The highest BCUT2D eigenvalue weighted by Crippen LogP contribution is 2.39. The molecule has 0 radical (unpaired) electrons. The molecule has 0 unspecified atom stereocenters. The zero-order valence-corrected chi connectivity index (χ0v) is 14.1. The van der Waals surface area contributed by atoms with Crippen LogP contribution < -0.4 is 5.32 Å². The maximum Gasteiger partial charge on any atom is 0.234 e. The van der Waals surface area contributed by atoms with Crippen molar-refractivity contribution in [1.82, 2.24) is 25.1 Å². The number of nitrogens with zero attached hydrogens (tertiary/aromatic N) is 4. The van der Waals surface area contributed by atoms with Gasteiger partial charge in [-0.25, -0.2) is 0 Å². The van der Waals surface area contributed by atoms with Gasteiger partial charge in [0.05, 0.1) is 0 Å². The minimum Gasteiger partial charge on any atom is -0.356 e. The highest BCUT2D eigenvalue weighted by Gasteiger charge is 2.30. The largest absolute Gasteiger partial charge is 0.356 e. The lowest BCUT2D eigenvalue weighted by Gasteiger charge is -2.04. The molecule has 2 aromatic heterocycles. The monoisotopic (exact) mass is 341 g/mol. The summed E-state index contributed by atoms with van der Waals surface area (Å²) in [4.78, 5) is 12.8. The Morgan fingerprint density at radius 3 is 2.83 bits per heavy atom. The minimum absolute atomic E-state index is 0.0688. The Bertz CT molecular complexity index is 837. The van der Waals surface area contributed by atoms with Gasteiger partial charge in [0.25, 0.3) is 0 Å².